The van der Waals surface area contributed by atoms with Crippen molar-refractivity contribution < 1.29 is 13.2 Å². The number of nitrogens with zero attached hydrogens (tertiary/aromatic N) is 1. The molecule has 1 heterocycles. The molecule has 6 heteroatoms. The summed E-state index contributed by atoms with van der Waals surface area (Å²) in [5.41, 5.74) is 3.94. The van der Waals surface area contributed by atoms with Gasteiger partial charge in [0, 0.05) is 30.5 Å². The predicted molar refractivity (Wildman–Crippen MR) is 90.2 cm³/mol. The summed E-state index contributed by atoms with van der Waals surface area (Å²) in [5, 5.41) is 0. The first-order valence-electron chi connectivity index (χ1n) is 7.45. The summed E-state index contributed by atoms with van der Waals surface area (Å²) in [7, 11) is -1.56. The Morgan fingerprint density at radius 3 is 2.26 bits per heavy atom. The highest BCUT2D eigenvalue weighted by atomic mass is 32.2. The number of rotatable bonds is 6. The molecular weight excluding hydrogens is 312 g/mol. The fraction of sp³-hybridized carbons (Fsp3) is 0.353. The van der Waals surface area contributed by atoms with Crippen LogP contribution in [0.3, 0.4) is 0 Å². The summed E-state index contributed by atoms with van der Waals surface area (Å²) < 4.78 is 29.2. The van der Waals surface area contributed by atoms with Crippen molar-refractivity contribution in [2.75, 3.05) is 6.54 Å². The van der Waals surface area contributed by atoms with Gasteiger partial charge in [-0.1, -0.05) is 12.1 Å². The molecule has 124 valence electrons. The molecule has 0 atom stereocenters. The third-order valence-corrected chi connectivity index (χ3v) is 5.61. The highest BCUT2D eigenvalue weighted by Gasteiger charge is 2.14. The van der Waals surface area contributed by atoms with Crippen LogP contribution in [-0.4, -0.2) is 25.3 Å². The van der Waals surface area contributed by atoms with Gasteiger partial charge in [-0.05, 0) is 51.0 Å². The van der Waals surface area contributed by atoms with Gasteiger partial charge in [0.2, 0.25) is 10.0 Å². The van der Waals surface area contributed by atoms with Crippen molar-refractivity contribution in [3.05, 3.63) is 52.8 Å². The maximum atomic E-state index is 12.3. The topological polar surface area (TPSA) is 68.2 Å². The SMILES string of the molecule is CC(=O)c1ccc(S(=O)(=O)NCCc2cc(C)n(C)c2C)cc1. The minimum Gasteiger partial charge on any atom is -0.352 e. The van der Waals surface area contributed by atoms with Crippen molar-refractivity contribution in [3.63, 3.8) is 0 Å². The fourth-order valence-corrected chi connectivity index (χ4v) is 3.49. The first-order chi connectivity index (χ1) is 10.7. The lowest BCUT2D eigenvalue weighted by Gasteiger charge is -2.07. The molecule has 0 bridgehead atoms. The predicted octanol–water partition coefficient (Wildman–Crippen LogP) is 2.37. The van der Waals surface area contributed by atoms with Gasteiger partial charge in [0.1, 0.15) is 0 Å². The number of aryl methyl sites for hydroxylation is 1. The van der Waals surface area contributed by atoms with E-state index in [1.165, 1.54) is 31.2 Å². The van der Waals surface area contributed by atoms with E-state index in [1.54, 1.807) is 0 Å². The molecule has 0 unspecified atom stereocenters. The minimum absolute atomic E-state index is 0.0863. The Morgan fingerprint density at radius 2 is 1.78 bits per heavy atom. The average molecular weight is 334 g/mol. The second-order valence-corrected chi connectivity index (χ2v) is 7.45. The van der Waals surface area contributed by atoms with Crippen molar-refractivity contribution in [2.24, 2.45) is 7.05 Å². The molecule has 1 aromatic carbocycles. The summed E-state index contributed by atoms with van der Waals surface area (Å²) in [6.45, 7) is 5.83. The third kappa shape index (κ3) is 3.89. The lowest BCUT2D eigenvalue weighted by Crippen LogP contribution is -2.26. The summed E-state index contributed by atoms with van der Waals surface area (Å²) in [4.78, 5) is 11.4. The van der Waals surface area contributed by atoms with Gasteiger partial charge in [0.05, 0.1) is 4.90 Å². The number of nitrogens with one attached hydrogen (secondary N) is 1. The van der Waals surface area contributed by atoms with Crippen molar-refractivity contribution in [1.82, 2.24) is 9.29 Å². The molecule has 0 radical (unpaired) electrons. The molecule has 0 aliphatic rings. The van der Waals surface area contributed by atoms with Gasteiger partial charge < -0.3 is 4.57 Å². The van der Waals surface area contributed by atoms with Gasteiger partial charge >= 0.3 is 0 Å². The van der Waals surface area contributed by atoms with E-state index in [4.69, 9.17) is 0 Å². The van der Waals surface area contributed by atoms with E-state index in [0.717, 1.165) is 17.0 Å². The van der Waals surface area contributed by atoms with Gasteiger partial charge in [-0.15, -0.1) is 0 Å². The van der Waals surface area contributed by atoms with E-state index in [-0.39, 0.29) is 10.7 Å². The summed E-state index contributed by atoms with van der Waals surface area (Å²) in [5.74, 6) is -0.0863. The number of sulfonamides is 1. The molecule has 0 amide bonds. The quantitative estimate of drug-likeness (QED) is 0.825. The van der Waals surface area contributed by atoms with Crippen LogP contribution in [-0.2, 0) is 23.5 Å². The van der Waals surface area contributed by atoms with Gasteiger partial charge in [0.25, 0.3) is 0 Å². The Labute approximate surface area is 137 Å². The van der Waals surface area contributed by atoms with Gasteiger partial charge in [-0.2, -0.15) is 0 Å². The summed E-state index contributed by atoms with van der Waals surface area (Å²) >= 11 is 0. The Bertz CT molecular complexity index is 818. The summed E-state index contributed by atoms with van der Waals surface area (Å²) in [6.07, 6.45) is 0.637. The van der Waals surface area contributed by atoms with Crippen LogP contribution in [0.15, 0.2) is 35.2 Å². The number of carbonyl (C=O) groups is 1. The maximum Gasteiger partial charge on any atom is 0.240 e. The van der Waals surface area contributed by atoms with Gasteiger partial charge in [-0.25, -0.2) is 13.1 Å². The monoisotopic (exact) mass is 334 g/mol. The molecule has 2 rings (SSSR count). The lowest BCUT2D eigenvalue weighted by molar-refractivity contribution is 0.101. The van der Waals surface area contributed by atoms with Crippen molar-refractivity contribution >= 4 is 15.8 Å². The molecular formula is C17H22N2O3S. The molecule has 0 fully saturated rings. The molecule has 1 aromatic heterocycles. The zero-order valence-corrected chi connectivity index (χ0v) is 14.7. The van der Waals surface area contributed by atoms with Crippen molar-refractivity contribution in [2.45, 2.75) is 32.1 Å². The van der Waals surface area contributed by atoms with Crippen LogP contribution >= 0.6 is 0 Å². The first kappa shape index (κ1) is 17.4. The van der Waals surface area contributed by atoms with Gasteiger partial charge in [0.15, 0.2) is 5.78 Å². The fourth-order valence-electron chi connectivity index (χ4n) is 2.46. The molecule has 0 aliphatic carbocycles. The highest BCUT2D eigenvalue weighted by molar-refractivity contribution is 7.89. The molecule has 1 N–H and O–H groups in total. The molecule has 23 heavy (non-hydrogen) atoms. The third-order valence-electron chi connectivity index (χ3n) is 4.14. The van der Waals surface area contributed by atoms with Crippen LogP contribution in [0.1, 0.15) is 34.2 Å². The molecule has 0 saturated heterocycles. The van der Waals surface area contributed by atoms with Crippen molar-refractivity contribution in [3.8, 4) is 0 Å². The van der Waals surface area contributed by atoms with Crippen LogP contribution in [0.4, 0.5) is 0 Å². The van der Waals surface area contributed by atoms with E-state index >= 15 is 0 Å². The number of carbonyl (C=O) groups excluding carboxylic acids is 1. The standard InChI is InChI=1S/C17H22N2O3S/c1-12-11-16(13(2)19(12)4)9-10-18-23(21,22)17-7-5-15(6-8-17)14(3)20/h5-8,11,18H,9-10H2,1-4H3. The Balaban J connectivity index is 2.04. The number of hydrogen-bond acceptors (Lipinski definition) is 3. The maximum absolute atomic E-state index is 12.3. The molecule has 0 spiro atoms. The van der Waals surface area contributed by atoms with Crippen LogP contribution in [0.25, 0.3) is 0 Å². The van der Waals surface area contributed by atoms with E-state index in [9.17, 15) is 13.2 Å². The average Bonchev–Trinajstić information content (AvgIpc) is 2.74. The number of benzene rings is 1. The van der Waals surface area contributed by atoms with E-state index in [0.29, 0.717) is 18.5 Å². The van der Waals surface area contributed by atoms with Gasteiger partial charge in [-0.3, -0.25) is 4.79 Å². The number of aromatic nitrogens is 1. The second kappa shape index (κ2) is 6.68. The molecule has 0 aliphatic heterocycles. The molecule has 0 saturated carbocycles. The molecule has 5 nitrogen and oxygen atoms in total. The Hall–Kier alpha value is -1.92. The first-order valence-corrected chi connectivity index (χ1v) is 8.93. The number of ketones is 1. The van der Waals surface area contributed by atoms with Crippen LogP contribution in [0, 0.1) is 13.8 Å². The van der Waals surface area contributed by atoms with Crippen molar-refractivity contribution in [1.29, 1.82) is 0 Å². The Morgan fingerprint density at radius 1 is 1.17 bits per heavy atom. The van der Waals surface area contributed by atoms with E-state index < -0.39 is 10.0 Å². The number of hydrogen-bond donors (Lipinski definition) is 1. The van der Waals surface area contributed by atoms with E-state index in [1.807, 2.05) is 20.9 Å². The van der Waals surface area contributed by atoms with E-state index in [2.05, 4.69) is 15.4 Å². The minimum atomic E-state index is -3.56. The smallest absolute Gasteiger partial charge is 0.240 e. The highest BCUT2D eigenvalue weighted by Crippen LogP contribution is 2.14. The number of Topliss-reactive ketones (excluding diaryl/α,β-unsaturated/α-hetero) is 1. The second-order valence-electron chi connectivity index (χ2n) is 5.68. The van der Waals surface area contributed by atoms with Crippen LogP contribution in [0.2, 0.25) is 0 Å². The lowest BCUT2D eigenvalue weighted by atomic mass is 10.2. The largest absolute Gasteiger partial charge is 0.352 e. The summed E-state index contributed by atoms with van der Waals surface area (Å²) in [6, 6.07) is 8.04. The molecule has 2 aromatic rings. The van der Waals surface area contributed by atoms with Crippen LogP contribution in [0.5, 0.6) is 0 Å². The van der Waals surface area contributed by atoms with Crippen LogP contribution < -0.4 is 4.72 Å². The Kier molecular flexibility index (Phi) is 5.06. The normalized spacial score (nSPS) is 11.7. The zero-order chi connectivity index (χ0) is 17.2. The zero-order valence-electron chi connectivity index (χ0n) is 13.9.